The molecule has 6 nitrogen and oxygen atoms in total. The number of aromatic amines is 1. The standard InChI is InChI=1S/C24H20ClFN4O2S/c25-21-10-9-20(27-21)23-19(13-30(28-23)17-5-3-16(26)4-6-17)24-29(22(32)14-33-24)12-11-15-1-7-18(31)8-2-15/h1-10,13,24,27,31H,11-12,14H2/t24-/m1/s1. The van der Waals surface area contributed by atoms with Gasteiger partial charge in [-0.05, 0) is 60.5 Å². The first-order chi connectivity index (χ1) is 16.0. The molecule has 2 aromatic carbocycles. The van der Waals surface area contributed by atoms with Gasteiger partial charge in [0.15, 0.2) is 0 Å². The molecular weight excluding hydrogens is 463 g/mol. The van der Waals surface area contributed by atoms with Gasteiger partial charge in [0, 0.05) is 18.3 Å². The van der Waals surface area contributed by atoms with Crippen molar-refractivity contribution < 1.29 is 14.3 Å². The summed E-state index contributed by atoms with van der Waals surface area (Å²) in [6.07, 6.45) is 2.56. The Morgan fingerprint density at radius 2 is 1.88 bits per heavy atom. The molecule has 0 spiro atoms. The minimum atomic E-state index is -0.320. The predicted molar refractivity (Wildman–Crippen MR) is 127 cm³/mol. The monoisotopic (exact) mass is 482 g/mol. The number of aromatic nitrogens is 3. The summed E-state index contributed by atoms with van der Waals surface area (Å²) in [7, 11) is 0. The van der Waals surface area contributed by atoms with E-state index < -0.39 is 0 Å². The van der Waals surface area contributed by atoms with Crippen molar-refractivity contribution in [3.05, 3.63) is 89.0 Å². The molecule has 1 amide bonds. The van der Waals surface area contributed by atoms with Crippen LogP contribution in [0.5, 0.6) is 5.75 Å². The van der Waals surface area contributed by atoms with Gasteiger partial charge in [-0.1, -0.05) is 23.7 Å². The first kappa shape index (κ1) is 21.6. The molecule has 1 aliphatic rings. The van der Waals surface area contributed by atoms with Gasteiger partial charge in [-0.3, -0.25) is 4.79 Å². The molecule has 1 aliphatic heterocycles. The van der Waals surface area contributed by atoms with Gasteiger partial charge >= 0.3 is 0 Å². The Hall–Kier alpha value is -3.23. The van der Waals surface area contributed by atoms with Gasteiger partial charge in [-0.2, -0.15) is 5.10 Å². The Labute approximate surface area is 199 Å². The molecule has 0 unspecified atom stereocenters. The van der Waals surface area contributed by atoms with Gasteiger partial charge < -0.3 is 15.0 Å². The van der Waals surface area contributed by atoms with Crippen molar-refractivity contribution in [1.82, 2.24) is 19.7 Å². The topological polar surface area (TPSA) is 74.2 Å². The third kappa shape index (κ3) is 4.49. The van der Waals surface area contributed by atoms with Crippen LogP contribution in [0, 0.1) is 5.82 Å². The van der Waals surface area contributed by atoms with Crippen molar-refractivity contribution in [2.45, 2.75) is 11.8 Å². The van der Waals surface area contributed by atoms with Crippen molar-refractivity contribution in [3.8, 4) is 22.8 Å². The lowest BCUT2D eigenvalue weighted by Crippen LogP contribution is -2.30. The minimum Gasteiger partial charge on any atom is -0.508 e. The molecule has 0 aliphatic carbocycles. The van der Waals surface area contributed by atoms with E-state index in [2.05, 4.69) is 4.98 Å². The fourth-order valence-electron chi connectivity index (χ4n) is 3.88. The Balaban J connectivity index is 1.49. The highest BCUT2D eigenvalue weighted by atomic mass is 35.5. The Morgan fingerprint density at radius 1 is 1.12 bits per heavy atom. The molecule has 3 heterocycles. The summed E-state index contributed by atoms with van der Waals surface area (Å²) in [6, 6.07) is 16.7. The quantitative estimate of drug-likeness (QED) is 0.397. The van der Waals surface area contributed by atoms with E-state index in [0.29, 0.717) is 35.3 Å². The van der Waals surface area contributed by atoms with E-state index in [1.54, 1.807) is 46.8 Å². The Bertz CT molecular complexity index is 1290. The normalized spacial score (nSPS) is 16.0. The zero-order valence-electron chi connectivity index (χ0n) is 17.4. The molecule has 2 aromatic heterocycles. The minimum absolute atomic E-state index is 0.0637. The molecule has 0 bridgehead atoms. The summed E-state index contributed by atoms with van der Waals surface area (Å²) in [4.78, 5) is 17.7. The maximum Gasteiger partial charge on any atom is 0.233 e. The van der Waals surface area contributed by atoms with E-state index in [1.807, 2.05) is 29.3 Å². The van der Waals surface area contributed by atoms with Crippen molar-refractivity contribution in [2.24, 2.45) is 0 Å². The fraction of sp³-hybridized carbons (Fsp3) is 0.167. The Morgan fingerprint density at radius 3 is 2.58 bits per heavy atom. The molecule has 1 saturated heterocycles. The zero-order valence-corrected chi connectivity index (χ0v) is 19.0. The summed E-state index contributed by atoms with van der Waals surface area (Å²) >= 11 is 7.68. The number of benzene rings is 2. The summed E-state index contributed by atoms with van der Waals surface area (Å²) in [5, 5.41) is 14.5. The number of phenolic OH excluding ortho intramolecular Hbond substituents is 1. The van der Waals surface area contributed by atoms with Crippen LogP contribution in [0.15, 0.2) is 66.9 Å². The van der Waals surface area contributed by atoms with Gasteiger partial charge in [0.05, 0.1) is 17.1 Å². The van der Waals surface area contributed by atoms with Crippen LogP contribution in [0.25, 0.3) is 17.1 Å². The molecule has 4 aromatic rings. The van der Waals surface area contributed by atoms with Crippen molar-refractivity contribution in [3.63, 3.8) is 0 Å². The van der Waals surface area contributed by atoms with E-state index in [-0.39, 0.29) is 22.8 Å². The predicted octanol–water partition coefficient (Wildman–Crippen LogP) is 5.18. The van der Waals surface area contributed by atoms with Crippen molar-refractivity contribution >= 4 is 29.3 Å². The van der Waals surface area contributed by atoms with Crippen LogP contribution < -0.4 is 0 Å². The van der Waals surface area contributed by atoms with Crippen molar-refractivity contribution in [2.75, 3.05) is 12.3 Å². The van der Waals surface area contributed by atoms with Gasteiger partial charge in [0.2, 0.25) is 5.91 Å². The molecule has 0 saturated carbocycles. The smallest absolute Gasteiger partial charge is 0.233 e. The maximum atomic E-state index is 13.4. The van der Waals surface area contributed by atoms with Gasteiger partial charge in [0.25, 0.3) is 0 Å². The lowest BCUT2D eigenvalue weighted by Gasteiger charge is -2.24. The van der Waals surface area contributed by atoms with Crippen LogP contribution in [0.4, 0.5) is 4.39 Å². The SMILES string of the molecule is O=C1CS[C@H](c2cn(-c3ccc(F)cc3)nc2-c2ccc(Cl)[nH]2)N1CCc1ccc(O)cc1. The van der Waals surface area contributed by atoms with Gasteiger partial charge in [-0.25, -0.2) is 9.07 Å². The van der Waals surface area contributed by atoms with E-state index in [0.717, 1.165) is 16.8 Å². The molecule has 5 rings (SSSR count). The van der Waals surface area contributed by atoms with E-state index in [4.69, 9.17) is 16.7 Å². The summed E-state index contributed by atoms with van der Waals surface area (Å²) in [5.74, 6) is 0.341. The molecule has 0 radical (unpaired) electrons. The van der Waals surface area contributed by atoms with Gasteiger partial charge in [-0.15, -0.1) is 11.8 Å². The fourth-order valence-corrected chi connectivity index (χ4v) is 5.26. The second kappa shape index (κ2) is 8.96. The molecule has 2 N–H and O–H groups in total. The van der Waals surface area contributed by atoms with Gasteiger partial charge in [0.1, 0.15) is 27.8 Å². The number of carbonyl (C=O) groups is 1. The molecule has 33 heavy (non-hydrogen) atoms. The highest BCUT2D eigenvalue weighted by molar-refractivity contribution is 8.00. The molecule has 9 heteroatoms. The van der Waals surface area contributed by atoms with Crippen LogP contribution in [0.1, 0.15) is 16.5 Å². The molecule has 1 fully saturated rings. The Kier molecular flexibility index (Phi) is 5.86. The number of rotatable bonds is 6. The first-order valence-corrected chi connectivity index (χ1v) is 11.8. The number of phenols is 1. The number of carbonyl (C=O) groups excluding carboxylic acids is 1. The average Bonchev–Trinajstić information content (AvgIpc) is 3.52. The molecule has 1 atom stereocenters. The van der Waals surface area contributed by atoms with Crippen LogP contribution in [0.2, 0.25) is 5.15 Å². The largest absolute Gasteiger partial charge is 0.508 e. The number of aromatic hydroxyl groups is 1. The van der Waals surface area contributed by atoms with E-state index >= 15 is 0 Å². The maximum absolute atomic E-state index is 13.4. The third-order valence-electron chi connectivity index (χ3n) is 5.55. The van der Waals surface area contributed by atoms with E-state index in [9.17, 15) is 14.3 Å². The highest BCUT2D eigenvalue weighted by Crippen LogP contribution is 2.42. The summed E-state index contributed by atoms with van der Waals surface area (Å²) < 4.78 is 15.1. The highest BCUT2D eigenvalue weighted by Gasteiger charge is 2.35. The molecular formula is C24H20ClFN4O2S. The summed E-state index contributed by atoms with van der Waals surface area (Å²) in [6.45, 7) is 0.536. The number of hydrogen-bond acceptors (Lipinski definition) is 4. The third-order valence-corrected chi connectivity index (χ3v) is 7.01. The van der Waals surface area contributed by atoms with Crippen LogP contribution in [0.3, 0.4) is 0 Å². The zero-order chi connectivity index (χ0) is 22.9. The van der Waals surface area contributed by atoms with Crippen LogP contribution >= 0.6 is 23.4 Å². The van der Waals surface area contributed by atoms with Crippen LogP contribution in [-0.4, -0.2) is 43.0 Å². The summed E-state index contributed by atoms with van der Waals surface area (Å²) in [5.41, 5.74) is 4.06. The number of halogens is 2. The average molecular weight is 483 g/mol. The number of amides is 1. The lowest BCUT2D eigenvalue weighted by atomic mass is 10.1. The lowest BCUT2D eigenvalue weighted by molar-refractivity contribution is -0.128. The number of nitrogens with one attached hydrogen (secondary N) is 1. The first-order valence-electron chi connectivity index (χ1n) is 10.4. The van der Waals surface area contributed by atoms with E-state index in [1.165, 1.54) is 12.1 Å². The molecule has 168 valence electrons. The number of nitrogens with zero attached hydrogens (tertiary/aromatic N) is 3. The van der Waals surface area contributed by atoms with Crippen molar-refractivity contribution in [1.29, 1.82) is 0 Å². The number of H-pyrrole nitrogens is 1. The number of hydrogen-bond donors (Lipinski definition) is 2. The van der Waals surface area contributed by atoms with Crippen LogP contribution in [-0.2, 0) is 11.2 Å². The number of thioether (sulfide) groups is 1. The second-order valence-corrected chi connectivity index (χ2v) is 9.22. The second-order valence-electron chi connectivity index (χ2n) is 7.74.